The number of hydrogen-bond donors (Lipinski definition) is 1. The van der Waals surface area contributed by atoms with Crippen LogP contribution in [0, 0.1) is 0 Å². The van der Waals surface area contributed by atoms with E-state index in [0.29, 0.717) is 24.7 Å². The molecule has 0 bridgehead atoms. The molecule has 1 amide bonds. The molecule has 2 N–H and O–H groups in total. The second-order valence-corrected chi connectivity index (χ2v) is 6.83. The van der Waals surface area contributed by atoms with Crippen molar-refractivity contribution < 1.29 is 9.53 Å². The van der Waals surface area contributed by atoms with Crippen molar-refractivity contribution in [3.63, 3.8) is 0 Å². The van der Waals surface area contributed by atoms with Gasteiger partial charge < -0.3 is 15.4 Å². The summed E-state index contributed by atoms with van der Waals surface area (Å²) in [5.41, 5.74) is 4.90. The lowest BCUT2D eigenvalue weighted by Gasteiger charge is -2.44. The average molecular weight is 299 g/mol. The number of nitrogens with two attached hydrogens (primary N) is 1. The van der Waals surface area contributed by atoms with Crippen LogP contribution in [0.3, 0.4) is 0 Å². The number of carbonyl (C=O) groups excluding carboxylic acids is 1. The number of rotatable bonds is 3. The molecule has 0 spiro atoms. The van der Waals surface area contributed by atoms with E-state index < -0.39 is 5.60 Å². The fourth-order valence-electron chi connectivity index (χ4n) is 2.91. The summed E-state index contributed by atoms with van der Waals surface area (Å²) < 4.78 is 5.64. The lowest BCUT2D eigenvalue weighted by atomic mass is 9.99. The largest absolute Gasteiger partial charge is 0.392 e. The maximum atomic E-state index is 12.5. The van der Waals surface area contributed by atoms with Crippen LogP contribution < -0.4 is 5.73 Å². The summed E-state index contributed by atoms with van der Waals surface area (Å²) >= 11 is 5.13. The van der Waals surface area contributed by atoms with E-state index in [4.69, 9.17) is 22.7 Å². The molecule has 2 fully saturated rings. The Balaban J connectivity index is 1.94. The van der Waals surface area contributed by atoms with Gasteiger partial charge in [0.1, 0.15) is 5.60 Å². The second kappa shape index (κ2) is 5.58. The van der Waals surface area contributed by atoms with Gasteiger partial charge in [-0.2, -0.15) is 0 Å². The molecule has 1 unspecified atom stereocenters. The molecule has 0 radical (unpaired) electrons. The predicted octanol–water partition coefficient (Wildman–Crippen LogP) is 0.764. The van der Waals surface area contributed by atoms with Crippen LogP contribution in [0.5, 0.6) is 0 Å². The van der Waals surface area contributed by atoms with Crippen LogP contribution in [-0.2, 0) is 9.53 Å². The quantitative estimate of drug-likeness (QED) is 0.780. The molecule has 0 aromatic heterocycles. The zero-order chi connectivity index (χ0) is 15.0. The second-order valence-electron chi connectivity index (χ2n) is 6.39. The molecule has 20 heavy (non-hydrogen) atoms. The molecule has 0 saturated carbocycles. The Morgan fingerprint density at radius 2 is 1.90 bits per heavy atom. The SMILES string of the molecule is CC1(C(=O)N2CCN(C(C)(C)C(N)=S)CC2)CCCO1. The highest BCUT2D eigenvalue weighted by Crippen LogP contribution is 2.28. The van der Waals surface area contributed by atoms with Crippen molar-refractivity contribution in [1.82, 2.24) is 9.80 Å². The van der Waals surface area contributed by atoms with E-state index in [1.165, 1.54) is 0 Å². The topological polar surface area (TPSA) is 58.8 Å². The first kappa shape index (κ1) is 15.7. The number of hydrogen-bond acceptors (Lipinski definition) is 4. The fraction of sp³-hybridized carbons (Fsp3) is 0.857. The van der Waals surface area contributed by atoms with Gasteiger partial charge in [0.15, 0.2) is 0 Å². The summed E-state index contributed by atoms with van der Waals surface area (Å²) in [5, 5.41) is 0. The van der Waals surface area contributed by atoms with E-state index in [2.05, 4.69) is 4.90 Å². The van der Waals surface area contributed by atoms with Gasteiger partial charge in [-0.1, -0.05) is 12.2 Å². The fourth-order valence-corrected chi connectivity index (χ4v) is 3.04. The van der Waals surface area contributed by atoms with E-state index >= 15 is 0 Å². The number of ether oxygens (including phenoxy) is 1. The number of thiocarbonyl (C=S) groups is 1. The van der Waals surface area contributed by atoms with Crippen LogP contribution >= 0.6 is 12.2 Å². The standard InChI is InChI=1S/C14H25N3O2S/c1-13(2,11(15)20)17-8-6-16(7-9-17)12(18)14(3)5-4-10-19-14/h4-10H2,1-3H3,(H2,15,20). The van der Waals surface area contributed by atoms with Gasteiger partial charge in [0.2, 0.25) is 0 Å². The summed E-state index contributed by atoms with van der Waals surface area (Å²) in [7, 11) is 0. The molecule has 0 aliphatic carbocycles. The first-order valence-corrected chi connectivity index (χ1v) is 7.66. The lowest BCUT2D eigenvalue weighted by molar-refractivity contribution is -0.153. The van der Waals surface area contributed by atoms with Gasteiger partial charge in [0, 0.05) is 32.8 Å². The number of amides is 1. The first-order valence-electron chi connectivity index (χ1n) is 7.26. The highest BCUT2D eigenvalue weighted by Gasteiger charge is 2.42. The molecule has 0 aromatic rings. The summed E-state index contributed by atoms with van der Waals surface area (Å²) in [6, 6.07) is 0. The summed E-state index contributed by atoms with van der Waals surface area (Å²) in [4.78, 5) is 17.2. The van der Waals surface area contributed by atoms with Crippen molar-refractivity contribution in [1.29, 1.82) is 0 Å². The van der Waals surface area contributed by atoms with E-state index in [1.54, 1.807) is 0 Å². The van der Waals surface area contributed by atoms with Crippen molar-refractivity contribution in [2.45, 2.75) is 44.8 Å². The molecule has 2 aliphatic heterocycles. The van der Waals surface area contributed by atoms with E-state index in [1.807, 2.05) is 25.7 Å². The summed E-state index contributed by atoms with van der Waals surface area (Å²) in [5.74, 6) is 0.128. The minimum Gasteiger partial charge on any atom is -0.392 e. The van der Waals surface area contributed by atoms with Gasteiger partial charge in [0.25, 0.3) is 5.91 Å². The Kier molecular flexibility index (Phi) is 4.37. The Morgan fingerprint density at radius 1 is 1.30 bits per heavy atom. The van der Waals surface area contributed by atoms with Gasteiger partial charge in [-0.3, -0.25) is 9.69 Å². The highest BCUT2D eigenvalue weighted by atomic mass is 32.1. The highest BCUT2D eigenvalue weighted by molar-refractivity contribution is 7.80. The van der Waals surface area contributed by atoms with Gasteiger partial charge in [-0.05, 0) is 33.6 Å². The molecular formula is C14H25N3O2S. The molecule has 2 rings (SSSR count). The van der Waals surface area contributed by atoms with E-state index in [-0.39, 0.29) is 11.4 Å². The minimum atomic E-state index is -0.610. The smallest absolute Gasteiger partial charge is 0.254 e. The minimum absolute atomic E-state index is 0.128. The average Bonchev–Trinajstić information content (AvgIpc) is 2.86. The van der Waals surface area contributed by atoms with Gasteiger partial charge in [-0.15, -0.1) is 0 Å². The third-order valence-electron chi connectivity index (χ3n) is 4.63. The van der Waals surface area contributed by atoms with Crippen LogP contribution in [0.25, 0.3) is 0 Å². The zero-order valence-electron chi connectivity index (χ0n) is 12.6. The molecule has 5 nitrogen and oxygen atoms in total. The third kappa shape index (κ3) is 2.82. The van der Waals surface area contributed by atoms with Crippen molar-refractivity contribution >= 4 is 23.1 Å². The maximum absolute atomic E-state index is 12.5. The Hall–Kier alpha value is -0.720. The maximum Gasteiger partial charge on any atom is 0.254 e. The molecule has 2 aliphatic rings. The Bertz CT molecular complexity index is 397. The molecule has 1 atom stereocenters. The first-order chi connectivity index (χ1) is 9.27. The number of nitrogens with zero attached hydrogens (tertiary/aromatic N) is 2. The number of carbonyl (C=O) groups is 1. The van der Waals surface area contributed by atoms with Crippen LogP contribution in [-0.4, -0.2) is 64.6 Å². The molecule has 2 heterocycles. The van der Waals surface area contributed by atoms with Gasteiger partial charge >= 0.3 is 0 Å². The molecule has 114 valence electrons. The zero-order valence-corrected chi connectivity index (χ0v) is 13.5. The van der Waals surface area contributed by atoms with E-state index in [0.717, 1.165) is 25.9 Å². The summed E-state index contributed by atoms with van der Waals surface area (Å²) in [6.45, 7) is 9.69. The normalized spacial score (nSPS) is 28.6. The van der Waals surface area contributed by atoms with Crippen LogP contribution in [0.15, 0.2) is 0 Å². The van der Waals surface area contributed by atoms with Crippen molar-refractivity contribution in [2.24, 2.45) is 5.73 Å². The van der Waals surface area contributed by atoms with E-state index in [9.17, 15) is 4.79 Å². The van der Waals surface area contributed by atoms with Gasteiger partial charge in [-0.25, -0.2) is 0 Å². The van der Waals surface area contributed by atoms with Crippen molar-refractivity contribution in [3.8, 4) is 0 Å². The van der Waals surface area contributed by atoms with Crippen LogP contribution in [0.4, 0.5) is 0 Å². The van der Waals surface area contributed by atoms with Gasteiger partial charge in [0.05, 0.1) is 10.5 Å². The predicted molar refractivity (Wildman–Crippen MR) is 82.6 cm³/mol. The Morgan fingerprint density at radius 3 is 2.35 bits per heavy atom. The van der Waals surface area contributed by atoms with Crippen LogP contribution in [0.1, 0.15) is 33.6 Å². The molecule has 6 heteroatoms. The van der Waals surface area contributed by atoms with Crippen molar-refractivity contribution in [2.75, 3.05) is 32.8 Å². The lowest BCUT2D eigenvalue weighted by Crippen LogP contribution is -2.61. The molecule has 0 aromatic carbocycles. The Labute approximate surface area is 126 Å². The number of piperazine rings is 1. The monoisotopic (exact) mass is 299 g/mol. The molecular weight excluding hydrogens is 274 g/mol. The molecule has 2 saturated heterocycles. The van der Waals surface area contributed by atoms with Crippen LogP contribution in [0.2, 0.25) is 0 Å². The summed E-state index contributed by atoms with van der Waals surface area (Å²) in [6.07, 6.45) is 1.79. The third-order valence-corrected chi connectivity index (χ3v) is 5.13. The van der Waals surface area contributed by atoms with Crippen molar-refractivity contribution in [3.05, 3.63) is 0 Å².